The fourth-order valence-electron chi connectivity index (χ4n) is 4.11. The third-order valence-electron chi connectivity index (χ3n) is 5.22. The van der Waals surface area contributed by atoms with Gasteiger partial charge in [0.15, 0.2) is 0 Å². The first-order chi connectivity index (χ1) is 11.9. The van der Waals surface area contributed by atoms with E-state index >= 15 is 0 Å². The number of thiophene rings is 1. The average molecular weight is 362 g/mol. The van der Waals surface area contributed by atoms with Gasteiger partial charge in [0.25, 0.3) is 0 Å². The van der Waals surface area contributed by atoms with Gasteiger partial charge in [-0.3, -0.25) is 4.79 Å². The molecule has 6 nitrogen and oxygen atoms in total. The first kappa shape index (κ1) is 17.7. The van der Waals surface area contributed by atoms with E-state index in [0.717, 1.165) is 10.4 Å². The molecule has 1 saturated carbocycles. The Morgan fingerprint density at radius 3 is 2.48 bits per heavy atom. The lowest BCUT2D eigenvalue weighted by Crippen LogP contribution is -2.42. The molecule has 0 spiro atoms. The Bertz CT molecular complexity index is 766. The van der Waals surface area contributed by atoms with E-state index in [0.29, 0.717) is 23.4 Å². The highest BCUT2D eigenvalue weighted by Gasteiger charge is 2.49. The lowest BCUT2D eigenvalue weighted by molar-refractivity contribution is -0.313. The van der Waals surface area contributed by atoms with Crippen molar-refractivity contribution < 1.29 is 24.2 Å². The van der Waals surface area contributed by atoms with Crippen molar-refractivity contribution in [3.8, 4) is 0 Å². The van der Waals surface area contributed by atoms with E-state index in [9.17, 15) is 19.5 Å². The number of hydrogen-bond donors (Lipinski definition) is 1. The van der Waals surface area contributed by atoms with E-state index in [4.69, 9.17) is 4.74 Å². The summed E-state index contributed by atoms with van der Waals surface area (Å²) in [6, 6.07) is 0. The van der Waals surface area contributed by atoms with Gasteiger partial charge in [0.2, 0.25) is 5.91 Å². The van der Waals surface area contributed by atoms with E-state index in [1.807, 2.05) is 26.0 Å². The quantitative estimate of drug-likeness (QED) is 0.633. The van der Waals surface area contributed by atoms with Crippen molar-refractivity contribution in [1.82, 2.24) is 0 Å². The normalized spacial score (nSPS) is 26.7. The maximum absolute atomic E-state index is 12.8. The monoisotopic (exact) mass is 362 g/mol. The second kappa shape index (κ2) is 6.63. The predicted octanol–water partition coefficient (Wildman–Crippen LogP) is 1.53. The first-order valence-corrected chi connectivity index (χ1v) is 9.11. The summed E-state index contributed by atoms with van der Waals surface area (Å²) in [5, 5.41) is 14.7. The van der Waals surface area contributed by atoms with Crippen LogP contribution in [0.3, 0.4) is 0 Å². The highest BCUT2D eigenvalue weighted by Crippen LogP contribution is 2.48. The van der Waals surface area contributed by atoms with Gasteiger partial charge in [-0.2, -0.15) is 0 Å². The molecule has 1 amide bonds. The van der Waals surface area contributed by atoms with Crippen LogP contribution in [0.15, 0.2) is 12.2 Å². The van der Waals surface area contributed by atoms with Crippen LogP contribution in [-0.4, -0.2) is 25.0 Å². The summed E-state index contributed by atoms with van der Waals surface area (Å²) in [6.45, 7) is 3.82. The number of carboxylic acids is 1. The largest absolute Gasteiger partial charge is 0.550 e. The number of esters is 1. The van der Waals surface area contributed by atoms with Gasteiger partial charge in [-0.15, -0.1) is 11.3 Å². The molecule has 1 fully saturated rings. The fourth-order valence-corrected chi connectivity index (χ4v) is 5.24. The molecule has 7 heteroatoms. The predicted molar refractivity (Wildman–Crippen MR) is 91.1 cm³/mol. The summed E-state index contributed by atoms with van der Waals surface area (Å²) in [5.41, 5.74) is 1.21. The molecule has 1 N–H and O–H groups in total. The van der Waals surface area contributed by atoms with E-state index in [1.54, 1.807) is 0 Å². The van der Waals surface area contributed by atoms with Gasteiger partial charge in [0.05, 0.1) is 18.6 Å². The van der Waals surface area contributed by atoms with Crippen molar-refractivity contribution in [2.45, 2.75) is 26.7 Å². The molecule has 1 aromatic heterocycles. The lowest BCUT2D eigenvalue weighted by Gasteiger charge is -2.27. The maximum atomic E-state index is 12.8. The number of hydrogen-bond acceptors (Lipinski definition) is 6. The Morgan fingerprint density at radius 1 is 1.28 bits per heavy atom. The molecule has 3 rings (SSSR count). The molecular weight excluding hydrogens is 342 g/mol. The van der Waals surface area contributed by atoms with Crippen LogP contribution < -0.4 is 10.4 Å². The number of methoxy groups -OCH3 is 1. The van der Waals surface area contributed by atoms with E-state index in [2.05, 4.69) is 5.32 Å². The van der Waals surface area contributed by atoms with E-state index in [1.165, 1.54) is 18.4 Å². The molecule has 1 heterocycles. The van der Waals surface area contributed by atoms with Gasteiger partial charge in [0, 0.05) is 16.8 Å². The molecule has 2 aliphatic carbocycles. The minimum Gasteiger partial charge on any atom is -0.550 e. The Morgan fingerprint density at radius 2 is 1.92 bits per heavy atom. The molecule has 0 radical (unpaired) electrons. The minimum atomic E-state index is -1.19. The molecule has 0 unspecified atom stereocenters. The van der Waals surface area contributed by atoms with Crippen LogP contribution >= 0.6 is 11.3 Å². The van der Waals surface area contributed by atoms with Crippen LogP contribution in [0.1, 0.15) is 34.1 Å². The molecule has 1 aromatic rings. The molecule has 0 aliphatic heterocycles. The molecule has 4 atom stereocenters. The van der Waals surface area contributed by atoms with Crippen LogP contribution in [0.5, 0.6) is 0 Å². The van der Waals surface area contributed by atoms with Gasteiger partial charge in [-0.05, 0) is 37.2 Å². The van der Waals surface area contributed by atoms with Crippen LogP contribution in [0.2, 0.25) is 0 Å². The lowest BCUT2D eigenvalue weighted by atomic mass is 9.82. The molecule has 25 heavy (non-hydrogen) atoms. The number of carbonyl (C=O) groups excluding carboxylic acids is 3. The second-order valence-electron chi connectivity index (χ2n) is 6.49. The Hall–Kier alpha value is -2.15. The Labute approximate surface area is 149 Å². The van der Waals surface area contributed by atoms with Crippen LogP contribution in [0.4, 0.5) is 5.00 Å². The van der Waals surface area contributed by atoms with E-state index < -0.39 is 23.8 Å². The van der Waals surface area contributed by atoms with Gasteiger partial charge in [-0.1, -0.05) is 19.1 Å². The number of aryl methyl sites for hydroxylation is 1. The first-order valence-electron chi connectivity index (χ1n) is 8.29. The number of carbonyl (C=O) groups is 3. The highest BCUT2D eigenvalue weighted by molar-refractivity contribution is 7.16. The number of allylic oxidation sites excluding steroid dienone is 2. The van der Waals surface area contributed by atoms with Gasteiger partial charge in [-0.25, -0.2) is 4.79 Å². The number of fused-ring (bicyclic) bond motifs is 2. The zero-order valence-corrected chi connectivity index (χ0v) is 15.1. The van der Waals surface area contributed by atoms with Crippen molar-refractivity contribution in [2.75, 3.05) is 12.4 Å². The number of ether oxygens (including phenoxy) is 1. The Kier molecular flexibility index (Phi) is 4.69. The minimum absolute atomic E-state index is 0.0961. The van der Waals surface area contributed by atoms with Gasteiger partial charge < -0.3 is 20.0 Å². The maximum Gasteiger partial charge on any atom is 0.341 e. The topological polar surface area (TPSA) is 95.5 Å². The zero-order valence-electron chi connectivity index (χ0n) is 14.3. The average Bonchev–Trinajstić information content (AvgIpc) is 3.26. The summed E-state index contributed by atoms with van der Waals surface area (Å²) >= 11 is 1.31. The summed E-state index contributed by atoms with van der Waals surface area (Å²) in [6.07, 6.45) is 5.07. The smallest absolute Gasteiger partial charge is 0.341 e. The number of amides is 1. The van der Waals surface area contributed by atoms with Crippen molar-refractivity contribution in [2.24, 2.45) is 23.7 Å². The van der Waals surface area contributed by atoms with Crippen molar-refractivity contribution in [1.29, 1.82) is 0 Å². The summed E-state index contributed by atoms with van der Waals surface area (Å²) in [5.74, 6) is -3.80. The summed E-state index contributed by atoms with van der Waals surface area (Å²) < 4.78 is 4.85. The highest BCUT2D eigenvalue weighted by atomic mass is 32.1. The standard InChI is InChI=1S/C18H21NO5S/c1-4-11-8(2)25-16(14(11)18(23)24-3)19-15(20)12-9-5-6-10(7-9)13(12)17(21)22/h5-6,9-10,12-13H,4,7H2,1-3H3,(H,19,20)(H,21,22)/p-1/t9-,10+,12-,13+/m1/s1. The number of rotatable bonds is 5. The second-order valence-corrected chi connectivity index (χ2v) is 7.72. The van der Waals surface area contributed by atoms with E-state index in [-0.39, 0.29) is 17.7 Å². The van der Waals surface area contributed by atoms with Gasteiger partial charge >= 0.3 is 5.97 Å². The molecule has 0 aromatic carbocycles. The van der Waals surface area contributed by atoms with Crippen molar-refractivity contribution >= 4 is 34.2 Å². The fraction of sp³-hybridized carbons (Fsp3) is 0.500. The zero-order chi connectivity index (χ0) is 18.3. The summed E-state index contributed by atoms with van der Waals surface area (Å²) in [4.78, 5) is 37.4. The van der Waals surface area contributed by atoms with Crippen LogP contribution in [0.25, 0.3) is 0 Å². The number of anilines is 1. The van der Waals surface area contributed by atoms with Crippen molar-refractivity contribution in [3.05, 3.63) is 28.2 Å². The van der Waals surface area contributed by atoms with Gasteiger partial charge in [0.1, 0.15) is 5.00 Å². The van der Waals surface area contributed by atoms with Crippen LogP contribution in [0, 0.1) is 30.6 Å². The molecule has 2 aliphatic rings. The molecule has 134 valence electrons. The molecule has 2 bridgehead atoms. The third kappa shape index (κ3) is 2.86. The number of carboxylic acid groups (broad SMARTS) is 1. The Balaban J connectivity index is 1.90. The number of nitrogens with one attached hydrogen (secondary N) is 1. The molecule has 0 saturated heterocycles. The third-order valence-corrected chi connectivity index (χ3v) is 6.29. The van der Waals surface area contributed by atoms with Crippen LogP contribution in [-0.2, 0) is 20.7 Å². The SMILES string of the molecule is CCc1c(C)sc(NC(=O)[C@H]2[C@@H](C(=O)[O-])[C@H]3C=C[C@@H]2C3)c1C(=O)OC. The summed E-state index contributed by atoms with van der Waals surface area (Å²) in [7, 11) is 1.30. The molecular formula is C18H20NO5S-. The number of aliphatic carboxylic acids is 1. The van der Waals surface area contributed by atoms with Crippen molar-refractivity contribution in [3.63, 3.8) is 0 Å².